The minimum atomic E-state index is 0.843. The van der Waals surface area contributed by atoms with Crippen LogP contribution in [0, 0.1) is 17.8 Å². The highest BCUT2D eigenvalue weighted by atomic mass is 15.0. The Hall–Kier alpha value is -0.0400. The fraction of sp³-hybridized carbons (Fsp3) is 1.00. The fourth-order valence-corrected chi connectivity index (χ4v) is 5.01. The Morgan fingerprint density at radius 1 is 0.632 bits per heavy atom. The first-order valence-electron chi connectivity index (χ1n) is 9.07. The number of rotatable bonds is 2. The summed E-state index contributed by atoms with van der Waals surface area (Å²) in [5.74, 6) is 3.14. The third-order valence-electron chi connectivity index (χ3n) is 6.27. The second-order valence-electron chi connectivity index (χ2n) is 7.79. The topological polar surface area (TPSA) is 12.0 Å². The van der Waals surface area contributed by atoms with Crippen LogP contribution in [0.4, 0.5) is 0 Å². The van der Waals surface area contributed by atoms with Crippen LogP contribution in [-0.2, 0) is 0 Å². The quantitative estimate of drug-likeness (QED) is 0.698. The summed E-state index contributed by atoms with van der Waals surface area (Å²) in [4.78, 5) is 0. The van der Waals surface area contributed by atoms with E-state index >= 15 is 0 Å². The summed E-state index contributed by atoms with van der Waals surface area (Å²) in [5.41, 5.74) is 0. The van der Waals surface area contributed by atoms with E-state index in [2.05, 4.69) is 12.2 Å². The molecule has 1 N–H and O–H groups in total. The predicted molar refractivity (Wildman–Crippen MR) is 82.3 cm³/mol. The Morgan fingerprint density at radius 2 is 1.42 bits per heavy atom. The summed E-state index contributed by atoms with van der Waals surface area (Å²) in [7, 11) is 0. The van der Waals surface area contributed by atoms with Gasteiger partial charge in [-0.1, -0.05) is 45.4 Å². The molecule has 0 aliphatic heterocycles. The molecule has 1 heteroatoms. The molecular weight excluding hydrogens is 230 g/mol. The van der Waals surface area contributed by atoms with Crippen molar-refractivity contribution in [1.82, 2.24) is 5.32 Å². The lowest BCUT2D eigenvalue weighted by Crippen LogP contribution is -2.43. The summed E-state index contributed by atoms with van der Waals surface area (Å²) < 4.78 is 0. The zero-order valence-corrected chi connectivity index (χ0v) is 12.9. The van der Waals surface area contributed by atoms with Crippen molar-refractivity contribution in [2.45, 2.75) is 96.1 Å². The van der Waals surface area contributed by atoms with Crippen LogP contribution in [0.15, 0.2) is 0 Å². The van der Waals surface area contributed by atoms with Crippen molar-refractivity contribution in [2.75, 3.05) is 0 Å². The molecule has 0 amide bonds. The Morgan fingerprint density at radius 3 is 2.32 bits per heavy atom. The zero-order chi connectivity index (χ0) is 13.1. The van der Waals surface area contributed by atoms with E-state index in [4.69, 9.17) is 0 Å². The van der Waals surface area contributed by atoms with Crippen LogP contribution < -0.4 is 5.32 Å². The number of hydrogen-bond donors (Lipinski definition) is 1. The lowest BCUT2D eigenvalue weighted by Gasteiger charge is -2.40. The van der Waals surface area contributed by atoms with Crippen molar-refractivity contribution < 1.29 is 0 Å². The van der Waals surface area contributed by atoms with Gasteiger partial charge in [0.25, 0.3) is 0 Å². The van der Waals surface area contributed by atoms with Gasteiger partial charge in [0.2, 0.25) is 0 Å². The Balaban J connectivity index is 1.47. The first-order valence-corrected chi connectivity index (χ1v) is 9.07. The fourth-order valence-electron chi connectivity index (χ4n) is 5.01. The van der Waals surface area contributed by atoms with Crippen molar-refractivity contribution in [3.8, 4) is 0 Å². The highest BCUT2D eigenvalue weighted by Crippen LogP contribution is 2.40. The van der Waals surface area contributed by atoms with Gasteiger partial charge in [-0.2, -0.15) is 0 Å². The smallest absolute Gasteiger partial charge is 0.00724 e. The predicted octanol–water partition coefficient (Wildman–Crippen LogP) is 4.90. The van der Waals surface area contributed by atoms with Crippen molar-refractivity contribution in [2.24, 2.45) is 17.8 Å². The van der Waals surface area contributed by atoms with Gasteiger partial charge in [0.1, 0.15) is 0 Å². The minimum Gasteiger partial charge on any atom is -0.311 e. The van der Waals surface area contributed by atoms with Gasteiger partial charge in [0.15, 0.2) is 0 Å². The molecule has 19 heavy (non-hydrogen) atoms. The van der Waals surface area contributed by atoms with E-state index in [0.717, 1.165) is 29.8 Å². The maximum atomic E-state index is 4.05. The maximum Gasteiger partial charge on any atom is 0.00724 e. The molecule has 0 radical (unpaired) electrons. The van der Waals surface area contributed by atoms with Gasteiger partial charge in [-0.15, -0.1) is 0 Å². The molecule has 3 fully saturated rings. The molecule has 0 aromatic rings. The second-order valence-corrected chi connectivity index (χ2v) is 7.79. The molecule has 5 atom stereocenters. The first kappa shape index (κ1) is 13.9. The summed E-state index contributed by atoms with van der Waals surface area (Å²) in [6, 6.07) is 1.70. The first-order chi connectivity index (χ1) is 9.31. The average Bonchev–Trinajstić information content (AvgIpc) is 2.64. The minimum absolute atomic E-state index is 0.843. The molecule has 1 nitrogen and oxygen atoms in total. The number of fused-ring (bicyclic) bond motifs is 1. The van der Waals surface area contributed by atoms with E-state index in [1.165, 1.54) is 70.6 Å². The molecule has 0 spiro atoms. The van der Waals surface area contributed by atoms with Crippen molar-refractivity contribution in [1.29, 1.82) is 0 Å². The summed E-state index contributed by atoms with van der Waals surface area (Å²) in [6.45, 7) is 2.44. The van der Waals surface area contributed by atoms with Crippen molar-refractivity contribution in [3.05, 3.63) is 0 Å². The highest BCUT2D eigenvalue weighted by molar-refractivity contribution is 4.88. The molecular formula is C18H33N. The average molecular weight is 263 g/mol. The van der Waals surface area contributed by atoms with E-state index in [0.29, 0.717) is 0 Å². The Kier molecular flexibility index (Phi) is 4.84. The molecule has 0 bridgehead atoms. The van der Waals surface area contributed by atoms with E-state index in [-0.39, 0.29) is 0 Å². The molecule has 0 heterocycles. The summed E-state index contributed by atoms with van der Waals surface area (Å²) >= 11 is 0. The van der Waals surface area contributed by atoms with Crippen LogP contribution in [0.5, 0.6) is 0 Å². The van der Waals surface area contributed by atoms with Gasteiger partial charge in [-0.25, -0.2) is 0 Å². The third-order valence-corrected chi connectivity index (χ3v) is 6.27. The largest absolute Gasteiger partial charge is 0.311 e. The normalized spacial score (nSPS) is 44.4. The van der Waals surface area contributed by atoms with E-state index in [1.807, 2.05) is 0 Å². The lowest BCUT2D eigenvalue weighted by atomic mass is 9.69. The van der Waals surface area contributed by atoms with E-state index < -0.39 is 0 Å². The van der Waals surface area contributed by atoms with Gasteiger partial charge >= 0.3 is 0 Å². The van der Waals surface area contributed by atoms with Crippen LogP contribution in [0.1, 0.15) is 84.0 Å². The summed E-state index contributed by atoms with van der Waals surface area (Å²) in [6.07, 6.45) is 17.8. The van der Waals surface area contributed by atoms with E-state index in [1.54, 1.807) is 6.42 Å². The van der Waals surface area contributed by atoms with Crippen LogP contribution >= 0.6 is 0 Å². The molecule has 0 aromatic carbocycles. The van der Waals surface area contributed by atoms with Crippen LogP contribution in [0.3, 0.4) is 0 Å². The van der Waals surface area contributed by atoms with Gasteiger partial charge in [-0.3, -0.25) is 0 Å². The molecule has 3 aliphatic carbocycles. The van der Waals surface area contributed by atoms with Gasteiger partial charge in [-0.05, 0) is 56.3 Å². The summed E-state index contributed by atoms with van der Waals surface area (Å²) in [5, 5.41) is 4.05. The number of nitrogens with one attached hydrogen (secondary N) is 1. The Bertz CT molecular complexity index is 275. The standard InChI is InChI=1S/C18H33N/c1-14-5-4-8-17(11-9-14)19-18-12-10-15-6-2-3-7-16(15)13-18/h14-19H,2-13H2,1H3. The van der Waals surface area contributed by atoms with Crippen molar-refractivity contribution >= 4 is 0 Å². The van der Waals surface area contributed by atoms with Gasteiger partial charge < -0.3 is 5.32 Å². The zero-order valence-electron chi connectivity index (χ0n) is 12.9. The monoisotopic (exact) mass is 263 g/mol. The highest BCUT2D eigenvalue weighted by Gasteiger charge is 2.32. The van der Waals surface area contributed by atoms with Gasteiger partial charge in [0, 0.05) is 12.1 Å². The molecule has 3 aliphatic rings. The second kappa shape index (κ2) is 6.61. The lowest BCUT2D eigenvalue weighted by molar-refractivity contribution is 0.137. The molecule has 110 valence electrons. The van der Waals surface area contributed by atoms with Crippen LogP contribution in [0.25, 0.3) is 0 Å². The van der Waals surface area contributed by atoms with Gasteiger partial charge in [0.05, 0.1) is 0 Å². The molecule has 0 aromatic heterocycles. The van der Waals surface area contributed by atoms with Crippen molar-refractivity contribution in [3.63, 3.8) is 0 Å². The number of hydrogen-bond acceptors (Lipinski definition) is 1. The molecule has 5 unspecified atom stereocenters. The molecule has 0 saturated heterocycles. The molecule has 3 saturated carbocycles. The Labute approximate surface area is 119 Å². The molecule has 3 rings (SSSR count). The SMILES string of the molecule is CC1CCCC(NC2CCC3CCCCC3C2)CC1. The third kappa shape index (κ3) is 3.74. The van der Waals surface area contributed by atoms with E-state index in [9.17, 15) is 0 Å². The van der Waals surface area contributed by atoms with Crippen LogP contribution in [-0.4, -0.2) is 12.1 Å². The maximum absolute atomic E-state index is 4.05. The van der Waals surface area contributed by atoms with Crippen LogP contribution in [0.2, 0.25) is 0 Å².